The predicted octanol–water partition coefficient (Wildman–Crippen LogP) is 3.42. The number of nitrogens with one attached hydrogen (secondary N) is 1. The Balaban J connectivity index is 1.97. The average molecular weight is 369 g/mol. The molecule has 0 fully saturated rings. The summed E-state index contributed by atoms with van der Waals surface area (Å²) < 4.78 is 5.05. The Kier molecular flexibility index (Phi) is 5.88. The molecule has 1 atom stereocenters. The molecule has 0 aliphatic heterocycles. The molecule has 1 N–H and O–H groups in total. The molecule has 1 heterocycles. The van der Waals surface area contributed by atoms with Crippen molar-refractivity contribution in [2.24, 2.45) is 0 Å². The Morgan fingerprint density at radius 1 is 1.42 bits per heavy atom. The van der Waals surface area contributed by atoms with Gasteiger partial charge in [-0.05, 0) is 24.4 Å². The number of rotatable bonds is 6. The SMILES string of the molecule is CC(OC(=O)Cc1cccs1)C(=O)Nc1cc([N+](=O)[O-])ccc1Cl. The third-order valence-corrected chi connectivity index (χ3v) is 4.20. The number of non-ortho nitro benzene ring substituents is 1. The van der Waals surface area contributed by atoms with Gasteiger partial charge in [0, 0.05) is 17.0 Å². The molecule has 24 heavy (non-hydrogen) atoms. The molecular weight excluding hydrogens is 356 g/mol. The van der Waals surface area contributed by atoms with Gasteiger partial charge in [0.2, 0.25) is 0 Å². The number of nitro benzene ring substituents is 1. The van der Waals surface area contributed by atoms with Crippen molar-refractivity contribution in [2.45, 2.75) is 19.4 Å². The first kappa shape index (κ1) is 17.9. The number of ether oxygens (including phenoxy) is 1. The van der Waals surface area contributed by atoms with E-state index in [4.69, 9.17) is 16.3 Å². The zero-order valence-electron chi connectivity index (χ0n) is 12.5. The van der Waals surface area contributed by atoms with E-state index in [9.17, 15) is 19.7 Å². The van der Waals surface area contributed by atoms with Crippen molar-refractivity contribution in [3.63, 3.8) is 0 Å². The highest BCUT2D eigenvalue weighted by Crippen LogP contribution is 2.26. The molecule has 0 aliphatic carbocycles. The molecule has 2 rings (SSSR count). The van der Waals surface area contributed by atoms with Gasteiger partial charge >= 0.3 is 5.97 Å². The molecule has 1 aromatic heterocycles. The molecule has 0 saturated heterocycles. The smallest absolute Gasteiger partial charge is 0.311 e. The van der Waals surface area contributed by atoms with Crippen LogP contribution in [0.15, 0.2) is 35.7 Å². The van der Waals surface area contributed by atoms with Crippen LogP contribution in [0.2, 0.25) is 5.02 Å². The fraction of sp³-hybridized carbons (Fsp3) is 0.200. The molecule has 7 nitrogen and oxygen atoms in total. The van der Waals surface area contributed by atoms with Gasteiger partial charge in [-0.15, -0.1) is 11.3 Å². The van der Waals surface area contributed by atoms with E-state index in [0.717, 1.165) is 10.9 Å². The number of anilines is 1. The van der Waals surface area contributed by atoms with Crippen LogP contribution in [0.1, 0.15) is 11.8 Å². The topological polar surface area (TPSA) is 98.5 Å². The summed E-state index contributed by atoms with van der Waals surface area (Å²) in [5.74, 6) is -1.16. The number of benzene rings is 1. The third-order valence-electron chi connectivity index (χ3n) is 2.99. The first-order chi connectivity index (χ1) is 11.4. The van der Waals surface area contributed by atoms with Crippen molar-refractivity contribution in [2.75, 3.05) is 5.32 Å². The molecule has 2 aromatic rings. The molecule has 0 aliphatic rings. The minimum absolute atomic E-state index is 0.0762. The van der Waals surface area contributed by atoms with E-state index in [1.165, 1.54) is 30.4 Å². The van der Waals surface area contributed by atoms with Gasteiger partial charge < -0.3 is 10.1 Å². The molecule has 0 radical (unpaired) electrons. The Morgan fingerprint density at radius 2 is 2.17 bits per heavy atom. The van der Waals surface area contributed by atoms with Crippen molar-refractivity contribution in [3.8, 4) is 0 Å². The minimum atomic E-state index is -1.06. The van der Waals surface area contributed by atoms with E-state index in [2.05, 4.69) is 5.32 Å². The highest BCUT2D eigenvalue weighted by atomic mass is 35.5. The van der Waals surface area contributed by atoms with Crippen LogP contribution < -0.4 is 5.32 Å². The molecule has 126 valence electrons. The predicted molar refractivity (Wildman–Crippen MR) is 90.3 cm³/mol. The second-order valence-electron chi connectivity index (χ2n) is 4.80. The molecule has 0 saturated carbocycles. The zero-order chi connectivity index (χ0) is 17.7. The number of carbonyl (C=O) groups excluding carboxylic acids is 2. The Hall–Kier alpha value is -2.45. The molecule has 1 aromatic carbocycles. The second-order valence-corrected chi connectivity index (χ2v) is 6.24. The molecular formula is C15H13ClN2O5S. The molecule has 1 amide bonds. The van der Waals surface area contributed by atoms with Gasteiger partial charge in [-0.25, -0.2) is 0 Å². The summed E-state index contributed by atoms with van der Waals surface area (Å²) in [5, 5.41) is 15.2. The summed E-state index contributed by atoms with van der Waals surface area (Å²) in [6, 6.07) is 7.28. The number of carbonyl (C=O) groups is 2. The van der Waals surface area contributed by atoms with Crippen LogP contribution in [0.25, 0.3) is 0 Å². The quantitative estimate of drug-likeness (QED) is 0.478. The summed E-state index contributed by atoms with van der Waals surface area (Å²) in [4.78, 5) is 34.8. The fourth-order valence-electron chi connectivity index (χ4n) is 1.80. The summed E-state index contributed by atoms with van der Waals surface area (Å²) in [6.45, 7) is 1.41. The monoisotopic (exact) mass is 368 g/mol. The first-order valence-corrected chi connectivity index (χ1v) is 8.09. The maximum Gasteiger partial charge on any atom is 0.311 e. The van der Waals surface area contributed by atoms with Crippen LogP contribution in [-0.2, 0) is 20.7 Å². The number of halogens is 1. The molecule has 0 bridgehead atoms. The number of nitro groups is 1. The number of thiophene rings is 1. The Labute approximate surface area is 146 Å². The van der Waals surface area contributed by atoms with Crippen LogP contribution in [0, 0.1) is 10.1 Å². The Bertz CT molecular complexity index is 763. The van der Waals surface area contributed by atoms with Gasteiger partial charge in [-0.3, -0.25) is 19.7 Å². The second kappa shape index (κ2) is 7.89. The van der Waals surface area contributed by atoms with Gasteiger partial charge in [0.25, 0.3) is 11.6 Å². The summed E-state index contributed by atoms with van der Waals surface area (Å²) in [6.07, 6.45) is -0.986. The number of amides is 1. The van der Waals surface area contributed by atoms with Crippen LogP contribution in [0.3, 0.4) is 0 Å². The summed E-state index contributed by atoms with van der Waals surface area (Å²) in [7, 11) is 0. The standard InChI is InChI=1S/C15H13ClN2O5S/c1-9(23-14(19)8-11-3-2-6-24-11)15(20)17-13-7-10(18(21)22)4-5-12(13)16/h2-7,9H,8H2,1H3,(H,17,20). The maximum absolute atomic E-state index is 12.1. The van der Waals surface area contributed by atoms with Crippen molar-refractivity contribution in [3.05, 3.63) is 55.7 Å². The number of hydrogen-bond acceptors (Lipinski definition) is 6. The van der Waals surface area contributed by atoms with E-state index >= 15 is 0 Å². The van der Waals surface area contributed by atoms with E-state index in [-0.39, 0.29) is 22.8 Å². The molecule has 9 heteroatoms. The zero-order valence-corrected chi connectivity index (χ0v) is 14.1. The van der Waals surface area contributed by atoms with Gasteiger partial charge in [-0.2, -0.15) is 0 Å². The lowest BCUT2D eigenvalue weighted by atomic mass is 10.2. The molecule has 1 unspecified atom stereocenters. The molecule has 0 spiro atoms. The number of esters is 1. The van der Waals surface area contributed by atoms with E-state index in [1.54, 1.807) is 6.07 Å². The van der Waals surface area contributed by atoms with Crippen molar-refractivity contribution < 1.29 is 19.2 Å². The highest BCUT2D eigenvalue weighted by molar-refractivity contribution is 7.10. The first-order valence-electron chi connectivity index (χ1n) is 6.83. The van der Waals surface area contributed by atoms with E-state index in [1.807, 2.05) is 11.4 Å². The van der Waals surface area contributed by atoms with Gasteiger partial charge in [-0.1, -0.05) is 17.7 Å². The van der Waals surface area contributed by atoms with Crippen LogP contribution in [-0.4, -0.2) is 22.9 Å². The van der Waals surface area contributed by atoms with Gasteiger partial charge in [0.05, 0.1) is 22.1 Å². The van der Waals surface area contributed by atoms with Gasteiger partial charge in [0.15, 0.2) is 6.10 Å². The van der Waals surface area contributed by atoms with Crippen molar-refractivity contribution >= 4 is 46.2 Å². The van der Waals surface area contributed by atoms with E-state index < -0.39 is 22.9 Å². The summed E-state index contributed by atoms with van der Waals surface area (Å²) in [5.41, 5.74) is -0.130. The number of hydrogen-bond donors (Lipinski definition) is 1. The highest BCUT2D eigenvalue weighted by Gasteiger charge is 2.20. The lowest BCUT2D eigenvalue weighted by molar-refractivity contribution is -0.384. The van der Waals surface area contributed by atoms with Crippen LogP contribution in [0.5, 0.6) is 0 Å². The van der Waals surface area contributed by atoms with Crippen molar-refractivity contribution in [1.82, 2.24) is 0 Å². The van der Waals surface area contributed by atoms with Crippen molar-refractivity contribution in [1.29, 1.82) is 0 Å². The normalized spacial score (nSPS) is 11.6. The fourth-order valence-corrected chi connectivity index (χ4v) is 2.66. The minimum Gasteiger partial charge on any atom is -0.452 e. The van der Waals surface area contributed by atoms with Crippen LogP contribution >= 0.6 is 22.9 Å². The lowest BCUT2D eigenvalue weighted by Gasteiger charge is -2.14. The maximum atomic E-state index is 12.1. The van der Waals surface area contributed by atoms with E-state index in [0.29, 0.717) is 0 Å². The average Bonchev–Trinajstić information content (AvgIpc) is 3.01. The largest absolute Gasteiger partial charge is 0.452 e. The van der Waals surface area contributed by atoms with Gasteiger partial charge in [0.1, 0.15) is 0 Å². The third kappa shape index (κ3) is 4.77. The Morgan fingerprint density at radius 3 is 2.79 bits per heavy atom. The van der Waals surface area contributed by atoms with Crippen LogP contribution in [0.4, 0.5) is 11.4 Å². The lowest BCUT2D eigenvalue weighted by Crippen LogP contribution is -2.30. The number of nitrogens with zero attached hydrogens (tertiary/aromatic N) is 1. The summed E-state index contributed by atoms with van der Waals surface area (Å²) >= 11 is 7.32.